The molecule has 8 heteroatoms. The van der Waals surface area contributed by atoms with Crippen LogP contribution in [0.4, 0.5) is 29.2 Å². The molecule has 4 nitrogen and oxygen atoms in total. The number of fused-ring (bicyclic) bond motifs is 1. The Bertz CT molecular complexity index is 919. The highest BCUT2D eigenvalue weighted by Gasteiger charge is 2.10. The van der Waals surface area contributed by atoms with Gasteiger partial charge in [0.25, 0.3) is 5.56 Å². The van der Waals surface area contributed by atoms with E-state index in [4.69, 9.17) is 0 Å². The fourth-order valence-corrected chi connectivity index (χ4v) is 1.96. The fraction of sp³-hybridized carbons (Fsp3) is 0. The number of rotatable bonds is 2. The molecular formula is C14H7F4N3O. The van der Waals surface area contributed by atoms with Crippen LogP contribution in [0.3, 0.4) is 0 Å². The lowest BCUT2D eigenvalue weighted by Crippen LogP contribution is -2.12. The summed E-state index contributed by atoms with van der Waals surface area (Å²) in [6.07, 6.45) is 0. The van der Waals surface area contributed by atoms with E-state index < -0.39 is 28.8 Å². The minimum Gasteiger partial charge on any atom is -0.325 e. The van der Waals surface area contributed by atoms with Crippen LogP contribution in [0.15, 0.2) is 35.1 Å². The van der Waals surface area contributed by atoms with Crippen LogP contribution in [-0.2, 0) is 0 Å². The lowest BCUT2D eigenvalue weighted by Gasteiger charge is -2.07. The summed E-state index contributed by atoms with van der Waals surface area (Å²) in [5.41, 5.74) is -0.812. The number of benzene rings is 2. The van der Waals surface area contributed by atoms with Gasteiger partial charge in [0.05, 0.1) is 10.9 Å². The molecule has 1 aromatic heterocycles. The molecule has 0 radical (unpaired) electrons. The van der Waals surface area contributed by atoms with E-state index in [9.17, 15) is 22.4 Å². The second kappa shape index (κ2) is 5.14. The van der Waals surface area contributed by atoms with Gasteiger partial charge in [-0.15, -0.1) is 0 Å². The number of aromatic amines is 1. The van der Waals surface area contributed by atoms with Gasteiger partial charge < -0.3 is 5.32 Å². The molecule has 0 aliphatic rings. The van der Waals surface area contributed by atoms with Crippen molar-refractivity contribution in [3.63, 3.8) is 0 Å². The van der Waals surface area contributed by atoms with Gasteiger partial charge in [0, 0.05) is 17.8 Å². The third kappa shape index (κ3) is 2.62. The standard InChI is InChI=1S/C14H7F4N3O/c15-6-1-7(16)3-8(2-6)19-14-20-12-5-11(18)10(17)4-9(12)13(22)21-14/h1-5H,(H2,19,20,21,22). The van der Waals surface area contributed by atoms with Crippen LogP contribution >= 0.6 is 0 Å². The zero-order valence-electron chi connectivity index (χ0n) is 10.8. The molecule has 0 aliphatic carbocycles. The quantitative estimate of drug-likeness (QED) is 0.715. The number of nitrogens with zero attached hydrogens (tertiary/aromatic N) is 1. The molecule has 0 saturated carbocycles. The van der Waals surface area contributed by atoms with Crippen LogP contribution in [-0.4, -0.2) is 9.97 Å². The van der Waals surface area contributed by atoms with Crippen molar-refractivity contribution in [3.05, 3.63) is 64.0 Å². The largest absolute Gasteiger partial charge is 0.325 e. The lowest BCUT2D eigenvalue weighted by atomic mass is 10.2. The van der Waals surface area contributed by atoms with Gasteiger partial charge in [-0.3, -0.25) is 9.78 Å². The molecule has 0 unspecified atom stereocenters. The van der Waals surface area contributed by atoms with Gasteiger partial charge in [-0.05, 0) is 18.2 Å². The number of H-pyrrole nitrogens is 1. The van der Waals surface area contributed by atoms with Gasteiger partial charge in [-0.1, -0.05) is 0 Å². The average molecular weight is 309 g/mol. The van der Waals surface area contributed by atoms with Crippen molar-refractivity contribution >= 4 is 22.5 Å². The van der Waals surface area contributed by atoms with Gasteiger partial charge in [-0.2, -0.15) is 0 Å². The SMILES string of the molecule is O=c1[nH]c(Nc2cc(F)cc(F)c2)nc2cc(F)c(F)cc12. The van der Waals surface area contributed by atoms with Crippen molar-refractivity contribution in [3.8, 4) is 0 Å². The molecule has 0 aliphatic heterocycles. The normalized spacial score (nSPS) is 10.9. The maximum absolute atomic E-state index is 13.2. The highest BCUT2D eigenvalue weighted by Crippen LogP contribution is 2.18. The van der Waals surface area contributed by atoms with Gasteiger partial charge in [0.1, 0.15) is 11.6 Å². The number of aromatic nitrogens is 2. The molecule has 22 heavy (non-hydrogen) atoms. The van der Waals surface area contributed by atoms with E-state index in [0.717, 1.165) is 24.3 Å². The van der Waals surface area contributed by atoms with Gasteiger partial charge >= 0.3 is 0 Å². The molecule has 112 valence electrons. The first-order chi connectivity index (χ1) is 10.4. The third-order valence-electron chi connectivity index (χ3n) is 2.87. The summed E-state index contributed by atoms with van der Waals surface area (Å²) >= 11 is 0. The molecule has 0 amide bonds. The molecule has 2 aromatic carbocycles. The summed E-state index contributed by atoms with van der Waals surface area (Å²) in [5.74, 6) is -4.13. The van der Waals surface area contributed by atoms with Crippen LogP contribution in [0.2, 0.25) is 0 Å². The Kier molecular flexibility index (Phi) is 3.28. The van der Waals surface area contributed by atoms with E-state index in [1.807, 2.05) is 0 Å². The Morgan fingerprint density at radius 2 is 1.55 bits per heavy atom. The highest BCUT2D eigenvalue weighted by atomic mass is 19.2. The van der Waals surface area contributed by atoms with Crippen molar-refractivity contribution in [2.24, 2.45) is 0 Å². The molecule has 2 N–H and O–H groups in total. The second-order valence-electron chi connectivity index (χ2n) is 4.48. The van der Waals surface area contributed by atoms with Crippen molar-refractivity contribution in [2.75, 3.05) is 5.32 Å². The third-order valence-corrected chi connectivity index (χ3v) is 2.87. The first-order valence-corrected chi connectivity index (χ1v) is 6.04. The lowest BCUT2D eigenvalue weighted by molar-refractivity contribution is 0.510. The highest BCUT2D eigenvalue weighted by molar-refractivity contribution is 5.79. The van der Waals surface area contributed by atoms with Crippen molar-refractivity contribution in [1.82, 2.24) is 9.97 Å². The smallest absolute Gasteiger partial charge is 0.260 e. The maximum atomic E-state index is 13.2. The van der Waals surface area contributed by atoms with E-state index in [-0.39, 0.29) is 22.5 Å². The molecule has 0 atom stereocenters. The monoisotopic (exact) mass is 309 g/mol. The Morgan fingerprint density at radius 3 is 2.23 bits per heavy atom. The zero-order valence-corrected chi connectivity index (χ0v) is 10.8. The number of hydrogen-bond donors (Lipinski definition) is 2. The van der Waals surface area contributed by atoms with Crippen LogP contribution in [0.1, 0.15) is 0 Å². The maximum Gasteiger partial charge on any atom is 0.260 e. The molecule has 1 heterocycles. The van der Waals surface area contributed by atoms with E-state index in [2.05, 4.69) is 15.3 Å². The summed E-state index contributed by atoms with van der Waals surface area (Å²) in [4.78, 5) is 18.0. The molecule has 0 fully saturated rings. The van der Waals surface area contributed by atoms with Crippen LogP contribution in [0.25, 0.3) is 10.9 Å². The Morgan fingerprint density at radius 1 is 0.909 bits per heavy atom. The van der Waals surface area contributed by atoms with Gasteiger partial charge in [0.2, 0.25) is 5.95 Å². The fourth-order valence-electron chi connectivity index (χ4n) is 1.96. The van der Waals surface area contributed by atoms with E-state index in [1.54, 1.807) is 0 Å². The predicted octanol–water partition coefficient (Wildman–Crippen LogP) is 3.22. The van der Waals surface area contributed by atoms with Crippen molar-refractivity contribution in [2.45, 2.75) is 0 Å². The summed E-state index contributed by atoms with van der Waals surface area (Å²) in [5, 5.41) is 2.35. The Hall–Kier alpha value is -2.90. The van der Waals surface area contributed by atoms with E-state index in [0.29, 0.717) is 6.07 Å². The molecule has 0 bridgehead atoms. The minimum atomic E-state index is -1.17. The van der Waals surface area contributed by atoms with Crippen LogP contribution < -0.4 is 10.9 Å². The number of hydrogen-bond acceptors (Lipinski definition) is 3. The molecule has 3 aromatic rings. The first-order valence-electron chi connectivity index (χ1n) is 6.04. The van der Waals surface area contributed by atoms with Crippen molar-refractivity contribution < 1.29 is 17.6 Å². The summed E-state index contributed by atoms with van der Waals surface area (Å²) < 4.78 is 52.5. The Labute approximate surface area is 120 Å². The van der Waals surface area contributed by atoms with E-state index >= 15 is 0 Å². The summed E-state index contributed by atoms with van der Waals surface area (Å²) in [7, 11) is 0. The molecule has 0 saturated heterocycles. The first kappa shape index (κ1) is 14.1. The van der Waals surface area contributed by atoms with Crippen LogP contribution in [0, 0.1) is 23.3 Å². The number of anilines is 2. The van der Waals surface area contributed by atoms with Crippen LogP contribution in [0.5, 0.6) is 0 Å². The van der Waals surface area contributed by atoms with E-state index in [1.165, 1.54) is 0 Å². The topological polar surface area (TPSA) is 57.8 Å². The zero-order chi connectivity index (χ0) is 15.9. The average Bonchev–Trinajstić information content (AvgIpc) is 2.40. The minimum absolute atomic E-state index is 0.00239. The molecule has 3 rings (SSSR count). The molecular weight excluding hydrogens is 302 g/mol. The summed E-state index contributed by atoms with van der Waals surface area (Å²) in [6, 6.07) is 4.14. The number of halogens is 4. The van der Waals surface area contributed by atoms with Gasteiger partial charge in [-0.25, -0.2) is 22.5 Å². The second-order valence-corrected chi connectivity index (χ2v) is 4.48. The van der Waals surface area contributed by atoms with Gasteiger partial charge in [0.15, 0.2) is 11.6 Å². The number of nitrogens with one attached hydrogen (secondary N) is 2. The Balaban J connectivity index is 2.08. The predicted molar refractivity (Wildman–Crippen MR) is 71.9 cm³/mol. The van der Waals surface area contributed by atoms with Crippen molar-refractivity contribution in [1.29, 1.82) is 0 Å². The summed E-state index contributed by atoms with van der Waals surface area (Å²) in [6.45, 7) is 0. The molecule has 0 spiro atoms.